The second-order valence-corrected chi connectivity index (χ2v) is 4.49. The molecule has 1 saturated carbocycles. The third-order valence-electron chi connectivity index (χ3n) is 3.07. The van der Waals surface area contributed by atoms with Crippen molar-refractivity contribution in [3.05, 3.63) is 24.3 Å². The summed E-state index contributed by atoms with van der Waals surface area (Å²) in [6.45, 7) is -0.0902. The zero-order chi connectivity index (χ0) is 13.5. The van der Waals surface area contributed by atoms with Crippen LogP contribution in [0.4, 0.5) is 0 Å². The first kappa shape index (κ1) is 13.7. The van der Waals surface area contributed by atoms with Gasteiger partial charge in [-0.05, 0) is 25.0 Å². The SMILES string of the molecule is COc1ccccc1OCC(=O)NOC1CCCC1. The van der Waals surface area contributed by atoms with Gasteiger partial charge in [-0.15, -0.1) is 0 Å². The Balaban J connectivity index is 1.73. The molecule has 2 rings (SSSR count). The van der Waals surface area contributed by atoms with E-state index in [1.54, 1.807) is 19.2 Å². The molecule has 5 heteroatoms. The summed E-state index contributed by atoms with van der Waals surface area (Å²) in [5.41, 5.74) is 2.43. The van der Waals surface area contributed by atoms with Gasteiger partial charge in [0.1, 0.15) is 0 Å². The number of methoxy groups -OCH3 is 1. The fourth-order valence-corrected chi connectivity index (χ4v) is 2.07. The molecule has 104 valence electrons. The number of rotatable bonds is 6. The minimum absolute atomic E-state index is 0.0902. The Morgan fingerprint density at radius 3 is 2.63 bits per heavy atom. The van der Waals surface area contributed by atoms with Crippen LogP contribution >= 0.6 is 0 Å². The number of hydrogen-bond acceptors (Lipinski definition) is 4. The van der Waals surface area contributed by atoms with E-state index in [9.17, 15) is 4.79 Å². The fourth-order valence-electron chi connectivity index (χ4n) is 2.07. The van der Waals surface area contributed by atoms with Crippen molar-refractivity contribution in [2.45, 2.75) is 31.8 Å². The minimum atomic E-state index is -0.294. The molecule has 1 amide bonds. The summed E-state index contributed by atoms with van der Waals surface area (Å²) >= 11 is 0. The Bertz CT molecular complexity index is 416. The Kier molecular flexibility index (Phi) is 5.03. The smallest absolute Gasteiger partial charge is 0.281 e. The number of hydroxylamine groups is 1. The summed E-state index contributed by atoms with van der Waals surface area (Å²) in [6, 6.07) is 7.20. The highest BCUT2D eigenvalue weighted by Crippen LogP contribution is 2.25. The largest absolute Gasteiger partial charge is 0.493 e. The number of benzene rings is 1. The molecule has 1 aliphatic rings. The molecule has 0 spiro atoms. The van der Waals surface area contributed by atoms with E-state index in [4.69, 9.17) is 14.3 Å². The normalized spacial score (nSPS) is 15.2. The molecular formula is C14H19NO4. The van der Waals surface area contributed by atoms with Crippen LogP contribution in [0.15, 0.2) is 24.3 Å². The first-order valence-electron chi connectivity index (χ1n) is 6.50. The highest BCUT2D eigenvalue weighted by atomic mass is 16.7. The molecule has 1 aliphatic carbocycles. The Morgan fingerprint density at radius 2 is 1.95 bits per heavy atom. The fraction of sp³-hybridized carbons (Fsp3) is 0.500. The molecule has 0 unspecified atom stereocenters. The minimum Gasteiger partial charge on any atom is -0.493 e. The molecule has 0 bridgehead atoms. The van der Waals surface area contributed by atoms with Gasteiger partial charge in [0, 0.05) is 0 Å². The molecule has 0 radical (unpaired) electrons. The monoisotopic (exact) mass is 265 g/mol. The number of carbonyl (C=O) groups is 1. The number of hydrogen-bond donors (Lipinski definition) is 1. The summed E-state index contributed by atoms with van der Waals surface area (Å²) in [5, 5.41) is 0. The number of nitrogens with one attached hydrogen (secondary N) is 1. The van der Waals surface area contributed by atoms with Crippen molar-refractivity contribution in [3.63, 3.8) is 0 Å². The van der Waals surface area contributed by atoms with Gasteiger partial charge in [-0.3, -0.25) is 9.63 Å². The van der Waals surface area contributed by atoms with E-state index in [1.165, 1.54) is 0 Å². The summed E-state index contributed by atoms with van der Waals surface area (Å²) in [5.74, 6) is 0.853. The van der Waals surface area contributed by atoms with Crippen LogP contribution in [0.1, 0.15) is 25.7 Å². The predicted octanol–water partition coefficient (Wildman–Crippen LogP) is 2.06. The van der Waals surface area contributed by atoms with Gasteiger partial charge in [0.05, 0.1) is 13.2 Å². The van der Waals surface area contributed by atoms with E-state index < -0.39 is 0 Å². The number of carbonyl (C=O) groups excluding carboxylic acids is 1. The third-order valence-corrected chi connectivity index (χ3v) is 3.07. The van der Waals surface area contributed by atoms with Gasteiger partial charge in [-0.1, -0.05) is 25.0 Å². The molecular weight excluding hydrogens is 246 g/mol. The molecule has 1 fully saturated rings. The maximum absolute atomic E-state index is 11.6. The van der Waals surface area contributed by atoms with E-state index in [0.717, 1.165) is 25.7 Å². The van der Waals surface area contributed by atoms with Crippen LogP contribution in [0.5, 0.6) is 11.5 Å². The molecule has 0 saturated heterocycles. The lowest BCUT2D eigenvalue weighted by molar-refractivity contribution is -0.140. The second kappa shape index (κ2) is 6.99. The number of ether oxygens (including phenoxy) is 2. The first-order chi connectivity index (χ1) is 9.29. The first-order valence-corrected chi connectivity index (χ1v) is 6.50. The Hall–Kier alpha value is -1.75. The Morgan fingerprint density at radius 1 is 1.26 bits per heavy atom. The van der Waals surface area contributed by atoms with Crippen LogP contribution in [0.3, 0.4) is 0 Å². The van der Waals surface area contributed by atoms with Crippen LogP contribution in [0, 0.1) is 0 Å². The summed E-state index contributed by atoms with van der Waals surface area (Å²) in [4.78, 5) is 16.9. The lowest BCUT2D eigenvalue weighted by Gasteiger charge is -2.13. The van der Waals surface area contributed by atoms with Gasteiger partial charge < -0.3 is 9.47 Å². The molecule has 0 aromatic heterocycles. The summed E-state index contributed by atoms with van der Waals surface area (Å²) in [6.07, 6.45) is 4.49. The van der Waals surface area contributed by atoms with Gasteiger partial charge in [-0.2, -0.15) is 0 Å². The molecule has 1 aromatic carbocycles. The Labute approximate surface area is 112 Å². The lowest BCUT2D eigenvalue weighted by atomic mass is 10.3. The zero-order valence-corrected chi connectivity index (χ0v) is 11.1. The van der Waals surface area contributed by atoms with E-state index in [-0.39, 0.29) is 18.6 Å². The number of amides is 1. The summed E-state index contributed by atoms with van der Waals surface area (Å²) < 4.78 is 10.5. The average Bonchev–Trinajstić information content (AvgIpc) is 2.96. The predicted molar refractivity (Wildman–Crippen MR) is 70.0 cm³/mol. The van der Waals surface area contributed by atoms with Crippen LogP contribution in [0.2, 0.25) is 0 Å². The molecule has 19 heavy (non-hydrogen) atoms. The van der Waals surface area contributed by atoms with Crippen molar-refractivity contribution in [2.75, 3.05) is 13.7 Å². The van der Waals surface area contributed by atoms with Gasteiger partial charge >= 0.3 is 0 Å². The lowest BCUT2D eigenvalue weighted by Crippen LogP contribution is -2.32. The molecule has 1 aromatic rings. The third kappa shape index (κ3) is 4.13. The van der Waals surface area contributed by atoms with E-state index >= 15 is 0 Å². The van der Waals surface area contributed by atoms with Crippen molar-refractivity contribution in [1.82, 2.24) is 5.48 Å². The van der Waals surface area contributed by atoms with Crippen molar-refractivity contribution < 1.29 is 19.1 Å². The van der Waals surface area contributed by atoms with Gasteiger partial charge in [0.2, 0.25) is 0 Å². The van der Waals surface area contributed by atoms with Crippen molar-refractivity contribution >= 4 is 5.91 Å². The molecule has 5 nitrogen and oxygen atoms in total. The summed E-state index contributed by atoms with van der Waals surface area (Å²) in [7, 11) is 1.56. The van der Waals surface area contributed by atoms with Crippen LogP contribution in [-0.4, -0.2) is 25.7 Å². The molecule has 0 atom stereocenters. The molecule has 0 heterocycles. The highest BCUT2D eigenvalue weighted by molar-refractivity contribution is 5.76. The van der Waals surface area contributed by atoms with E-state index in [1.807, 2.05) is 12.1 Å². The van der Waals surface area contributed by atoms with Crippen LogP contribution in [-0.2, 0) is 9.63 Å². The average molecular weight is 265 g/mol. The highest BCUT2D eigenvalue weighted by Gasteiger charge is 2.17. The van der Waals surface area contributed by atoms with Crippen LogP contribution in [0.25, 0.3) is 0 Å². The standard InChI is InChI=1S/C14H19NO4/c1-17-12-8-4-5-9-13(12)18-10-14(16)15-19-11-6-2-3-7-11/h4-5,8-9,11H,2-3,6-7,10H2,1H3,(H,15,16). The quantitative estimate of drug-likeness (QED) is 0.800. The van der Waals surface area contributed by atoms with E-state index in [2.05, 4.69) is 5.48 Å². The topological polar surface area (TPSA) is 56.8 Å². The van der Waals surface area contributed by atoms with Gasteiger partial charge in [0.25, 0.3) is 5.91 Å². The second-order valence-electron chi connectivity index (χ2n) is 4.49. The van der Waals surface area contributed by atoms with Crippen LogP contribution < -0.4 is 15.0 Å². The van der Waals surface area contributed by atoms with Crippen molar-refractivity contribution in [3.8, 4) is 11.5 Å². The van der Waals surface area contributed by atoms with Crippen molar-refractivity contribution in [1.29, 1.82) is 0 Å². The molecule has 0 aliphatic heterocycles. The van der Waals surface area contributed by atoms with Crippen molar-refractivity contribution in [2.24, 2.45) is 0 Å². The van der Waals surface area contributed by atoms with E-state index in [0.29, 0.717) is 11.5 Å². The van der Waals surface area contributed by atoms with Gasteiger partial charge in [-0.25, -0.2) is 5.48 Å². The zero-order valence-electron chi connectivity index (χ0n) is 11.1. The maximum atomic E-state index is 11.6. The van der Waals surface area contributed by atoms with Gasteiger partial charge in [0.15, 0.2) is 18.1 Å². The maximum Gasteiger partial charge on any atom is 0.281 e. The number of para-hydroxylation sites is 2. The molecule has 1 N–H and O–H groups in total.